The molecule has 4 nitrogen and oxygen atoms in total. The van der Waals surface area contributed by atoms with E-state index >= 15 is 0 Å². The summed E-state index contributed by atoms with van der Waals surface area (Å²) in [5.74, 6) is 0.893. The van der Waals surface area contributed by atoms with E-state index in [0.29, 0.717) is 6.54 Å². The zero-order valence-electron chi connectivity index (χ0n) is 9.88. The van der Waals surface area contributed by atoms with E-state index in [4.69, 9.17) is 0 Å². The minimum atomic E-state index is 0.701. The maximum absolute atomic E-state index is 4.31. The predicted molar refractivity (Wildman–Crippen MR) is 76.2 cm³/mol. The SMILES string of the molecule is CCc1cc2c(NCc3cscn3)ncnc2s1. The first-order chi connectivity index (χ1) is 8.86. The largest absolute Gasteiger partial charge is 0.364 e. The van der Waals surface area contributed by atoms with Crippen LogP contribution in [0.4, 0.5) is 5.82 Å². The number of nitrogens with one attached hydrogen (secondary N) is 1. The Morgan fingerprint density at radius 3 is 3.00 bits per heavy atom. The molecule has 0 aliphatic heterocycles. The van der Waals surface area contributed by atoms with Crippen LogP contribution in [0.25, 0.3) is 10.2 Å². The maximum Gasteiger partial charge on any atom is 0.138 e. The van der Waals surface area contributed by atoms with Crippen LogP contribution in [0.1, 0.15) is 17.5 Å². The molecule has 18 heavy (non-hydrogen) atoms. The molecule has 0 saturated carbocycles. The summed E-state index contributed by atoms with van der Waals surface area (Å²) in [5.41, 5.74) is 2.88. The molecule has 0 radical (unpaired) electrons. The quantitative estimate of drug-likeness (QED) is 0.794. The van der Waals surface area contributed by atoms with Crippen LogP contribution in [0, 0.1) is 0 Å². The molecule has 0 spiro atoms. The van der Waals surface area contributed by atoms with E-state index in [2.05, 4.69) is 33.3 Å². The number of fused-ring (bicyclic) bond motifs is 1. The Hall–Kier alpha value is -1.53. The van der Waals surface area contributed by atoms with Crippen molar-refractivity contribution in [2.75, 3.05) is 5.32 Å². The molecule has 0 saturated heterocycles. The number of nitrogens with zero attached hydrogens (tertiary/aromatic N) is 3. The van der Waals surface area contributed by atoms with Crippen molar-refractivity contribution in [2.45, 2.75) is 19.9 Å². The molecule has 0 bridgehead atoms. The zero-order valence-corrected chi connectivity index (χ0v) is 11.5. The third-order valence-corrected chi connectivity index (χ3v) is 4.47. The van der Waals surface area contributed by atoms with Crippen LogP contribution < -0.4 is 5.32 Å². The standard InChI is InChI=1S/C12H12N4S2/c1-2-9-3-10-11(14-6-15-12(10)18-9)13-4-8-5-17-7-16-8/h3,5-7H,2,4H2,1H3,(H,13,14,15). The molecular formula is C12H12N4S2. The summed E-state index contributed by atoms with van der Waals surface area (Å²) in [5, 5.41) is 6.47. The number of hydrogen-bond acceptors (Lipinski definition) is 6. The lowest BCUT2D eigenvalue weighted by molar-refractivity contribution is 1.05. The van der Waals surface area contributed by atoms with Gasteiger partial charge < -0.3 is 5.32 Å². The van der Waals surface area contributed by atoms with Gasteiger partial charge in [0.2, 0.25) is 0 Å². The van der Waals surface area contributed by atoms with Crippen LogP contribution in [0.2, 0.25) is 0 Å². The third-order valence-electron chi connectivity index (χ3n) is 2.65. The Kier molecular flexibility index (Phi) is 3.21. The van der Waals surface area contributed by atoms with E-state index in [-0.39, 0.29) is 0 Å². The van der Waals surface area contributed by atoms with Gasteiger partial charge in [-0.3, -0.25) is 0 Å². The highest BCUT2D eigenvalue weighted by Crippen LogP contribution is 2.28. The molecule has 3 aromatic heterocycles. The summed E-state index contributed by atoms with van der Waals surface area (Å²) in [4.78, 5) is 15.3. The normalized spacial score (nSPS) is 10.9. The first-order valence-corrected chi connectivity index (χ1v) is 7.47. The van der Waals surface area contributed by atoms with Gasteiger partial charge in [0.05, 0.1) is 23.1 Å². The summed E-state index contributed by atoms with van der Waals surface area (Å²) in [6.45, 7) is 2.85. The Balaban J connectivity index is 1.89. The Labute approximate surface area is 113 Å². The Bertz CT molecular complexity index is 645. The predicted octanol–water partition coefficient (Wildman–Crippen LogP) is 3.32. The molecule has 6 heteroatoms. The van der Waals surface area contributed by atoms with Crippen LogP contribution in [-0.4, -0.2) is 15.0 Å². The van der Waals surface area contributed by atoms with Gasteiger partial charge in [0, 0.05) is 10.3 Å². The monoisotopic (exact) mass is 276 g/mol. The first-order valence-electron chi connectivity index (χ1n) is 5.71. The second kappa shape index (κ2) is 4.99. The van der Waals surface area contributed by atoms with Gasteiger partial charge in [-0.15, -0.1) is 22.7 Å². The van der Waals surface area contributed by atoms with Crippen LogP contribution in [0.15, 0.2) is 23.3 Å². The molecule has 92 valence electrons. The van der Waals surface area contributed by atoms with Crippen LogP contribution in [0.3, 0.4) is 0 Å². The van der Waals surface area contributed by atoms with Crippen LogP contribution in [-0.2, 0) is 13.0 Å². The van der Waals surface area contributed by atoms with Crippen molar-refractivity contribution < 1.29 is 0 Å². The first kappa shape index (κ1) is 11.6. The van der Waals surface area contributed by atoms with Gasteiger partial charge in [-0.1, -0.05) is 6.92 Å². The van der Waals surface area contributed by atoms with Crippen molar-refractivity contribution in [3.05, 3.63) is 33.9 Å². The van der Waals surface area contributed by atoms with Gasteiger partial charge >= 0.3 is 0 Å². The summed E-state index contributed by atoms with van der Waals surface area (Å²) in [6, 6.07) is 2.17. The average molecular weight is 276 g/mol. The lowest BCUT2D eigenvalue weighted by atomic mass is 10.3. The number of aryl methyl sites for hydroxylation is 1. The summed E-state index contributed by atoms with van der Waals surface area (Å²) in [7, 11) is 0. The van der Waals surface area contributed by atoms with Gasteiger partial charge in [0.1, 0.15) is 17.0 Å². The number of thiazole rings is 1. The molecule has 0 atom stereocenters. The molecule has 3 heterocycles. The topological polar surface area (TPSA) is 50.7 Å². The minimum Gasteiger partial charge on any atom is -0.364 e. The van der Waals surface area contributed by atoms with E-state index in [0.717, 1.165) is 28.1 Å². The number of anilines is 1. The van der Waals surface area contributed by atoms with Gasteiger partial charge in [-0.2, -0.15) is 0 Å². The number of thiophene rings is 1. The summed E-state index contributed by atoms with van der Waals surface area (Å²) in [6.07, 6.45) is 2.65. The van der Waals surface area contributed by atoms with E-state index in [1.165, 1.54) is 4.88 Å². The van der Waals surface area contributed by atoms with E-state index < -0.39 is 0 Å². The lowest BCUT2D eigenvalue weighted by Crippen LogP contribution is -2.01. The van der Waals surface area contributed by atoms with Gasteiger partial charge in [0.25, 0.3) is 0 Å². The van der Waals surface area contributed by atoms with Crippen molar-refractivity contribution in [1.82, 2.24) is 15.0 Å². The number of rotatable bonds is 4. The van der Waals surface area contributed by atoms with Crippen molar-refractivity contribution in [1.29, 1.82) is 0 Å². The van der Waals surface area contributed by atoms with Crippen LogP contribution >= 0.6 is 22.7 Å². The molecule has 3 rings (SSSR count). The van der Waals surface area contributed by atoms with E-state index in [9.17, 15) is 0 Å². The van der Waals surface area contributed by atoms with Crippen LogP contribution in [0.5, 0.6) is 0 Å². The third kappa shape index (κ3) is 2.21. The Morgan fingerprint density at radius 2 is 2.22 bits per heavy atom. The molecule has 1 N–H and O–H groups in total. The van der Waals surface area contributed by atoms with E-state index in [1.807, 2.05) is 10.9 Å². The van der Waals surface area contributed by atoms with E-state index in [1.54, 1.807) is 29.0 Å². The van der Waals surface area contributed by atoms with Gasteiger partial charge in [-0.25, -0.2) is 15.0 Å². The molecular weight excluding hydrogens is 264 g/mol. The second-order valence-electron chi connectivity index (χ2n) is 3.84. The second-order valence-corrected chi connectivity index (χ2v) is 5.67. The Morgan fingerprint density at radius 1 is 1.28 bits per heavy atom. The van der Waals surface area contributed by atoms with Crippen molar-refractivity contribution in [3.8, 4) is 0 Å². The molecule has 0 aromatic carbocycles. The highest BCUT2D eigenvalue weighted by atomic mass is 32.1. The molecule has 0 fully saturated rings. The summed E-state index contributed by atoms with van der Waals surface area (Å²) >= 11 is 3.33. The maximum atomic E-state index is 4.31. The average Bonchev–Trinajstić information content (AvgIpc) is 3.04. The molecule has 3 aromatic rings. The molecule has 0 aliphatic rings. The lowest BCUT2D eigenvalue weighted by Gasteiger charge is -2.03. The fourth-order valence-corrected chi connectivity index (χ4v) is 3.21. The van der Waals surface area contributed by atoms with Gasteiger partial charge in [0.15, 0.2) is 0 Å². The molecule has 0 unspecified atom stereocenters. The zero-order chi connectivity index (χ0) is 12.4. The highest BCUT2D eigenvalue weighted by molar-refractivity contribution is 7.18. The highest BCUT2D eigenvalue weighted by Gasteiger charge is 2.07. The van der Waals surface area contributed by atoms with Crippen molar-refractivity contribution in [3.63, 3.8) is 0 Å². The molecule has 0 amide bonds. The fraction of sp³-hybridized carbons (Fsp3) is 0.250. The number of hydrogen-bond donors (Lipinski definition) is 1. The van der Waals surface area contributed by atoms with Crippen molar-refractivity contribution >= 4 is 38.7 Å². The van der Waals surface area contributed by atoms with Crippen molar-refractivity contribution in [2.24, 2.45) is 0 Å². The minimum absolute atomic E-state index is 0.701. The number of aromatic nitrogens is 3. The summed E-state index contributed by atoms with van der Waals surface area (Å²) < 4.78 is 0. The fourth-order valence-electron chi connectivity index (χ4n) is 1.72. The smallest absolute Gasteiger partial charge is 0.138 e. The van der Waals surface area contributed by atoms with Gasteiger partial charge in [-0.05, 0) is 12.5 Å². The molecule has 0 aliphatic carbocycles.